The van der Waals surface area contributed by atoms with Crippen molar-refractivity contribution in [1.82, 2.24) is 9.78 Å². The second-order valence-electron chi connectivity index (χ2n) is 7.63. The van der Waals surface area contributed by atoms with Crippen LogP contribution in [0.15, 0.2) is 48.5 Å². The number of anilines is 1. The van der Waals surface area contributed by atoms with Gasteiger partial charge in [0, 0.05) is 12.0 Å². The molecule has 0 saturated heterocycles. The van der Waals surface area contributed by atoms with Crippen LogP contribution in [0.25, 0.3) is 5.69 Å². The lowest BCUT2D eigenvalue weighted by molar-refractivity contribution is -0.116. The van der Waals surface area contributed by atoms with E-state index in [0.29, 0.717) is 40.7 Å². The first-order chi connectivity index (χ1) is 15.4. The minimum absolute atomic E-state index is 0.0123. The van der Waals surface area contributed by atoms with Crippen molar-refractivity contribution >= 4 is 23.5 Å². The molecule has 0 aliphatic carbocycles. The van der Waals surface area contributed by atoms with Crippen LogP contribution in [0.4, 0.5) is 5.82 Å². The summed E-state index contributed by atoms with van der Waals surface area (Å²) in [5.41, 5.74) is 2.44. The number of nitrogens with one attached hydrogen (secondary N) is 1. The topological polar surface area (TPSA) is 111 Å². The minimum Gasteiger partial charge on any atom is -0.493 e. The third-order valence-electron chi connectivity index (χ3n) is 5.39. The van der Waals surface area contributed by atoms with Crippen molar-refractivity contribution in [3.8, 4) is 11.4 Å². The normalized spacial score (nSPS) is 15.1. The maximum atomic E-state index is 13.5. The highest BCUT2D eigenvalue weighted by Gasteiger charge is 2.37. The second-order valence-corrected chi connectivity index (χ2v) is 7.63. The number of hydrogen-bond acceptors (Lipinski definition) is 5. The van der Waals surface area contributed by atoms with Gasteiger partial charge in [0.1, 0.15) is 11.6 Å². The molecular formula is C24H23N3O5. The molecule has 1 aliphatic heterocycles. The van der Waals surface area contributed by atoms with E-state index in [9.17, 15) is 14.4 Å². The molecule has 0 bridgehead atoms. The average Bonchev–Trinajstić information content (AvgIpc) is 3.13. The highest BCUT2D eigenvalue weighted by atomic mass is 16.5. The number of aromatic carboxylic acids is 1. The summed E-state index contributed by atoms with van der Waals surface area (Å²) in [4.78, 5) is 37.2. The number of aryl methyl sites for hydroxylation is 1. The van der Waals surface area contributed by atoms with E-state index in [1.165, 1.54) is 16.8 Å². The summed E-state index contributed by atoms with van der Waals surface area (Å²) in [5.74, 6) is -1.29. The van der Waals surface area contributed by atoms with Crippen LogP contribution in [0, 0.1) is 6.92 Å². The number of carbonyl (C=O) groups excluding carboxylic acids is 2. The molecule has 1 unspecified atom stereocenters. The summed E-state index contributed by atoms with van der Waals surface area (Å²) in [5, 5.41) is 16.5. The first-order valence-electron chi connectivity index (χ1n) is 10.4. The fourth-order valence-corrected chi connectivity index (χ4v) is 3.90. The second kappa shape index (κ2) is 8.66. The monoisotopic (exact) mass is 433 g/mol. The molecule has 3 aromatic rings. The van der Waals surface area contributed by atoms with Crippen LogP contribution in [0.2, 0.25) is 0 Å². The van der Waals surface area contributed by atoms with Crippen LogP contribution in [-0.2, 0) is 4.79 Å². The maximum Gasteiger partial charge on any atom is 0.335 e. The van der Waals surface area contributed by atoms with Crippen LogP contribution < -0.4 is 10.1 Å². The third-order valence-corrected chi connectivity index (χ3v) is 5.39. The van der Waals surface area contributed by atoms with Gasteiger partial charge in [-0.25, -0.2) is 9.48 Å². The molecule has 2 N–H and O–H groups in total. The Hall–Kier alpha value is -3.94. The molecule has 1 atom stereocenters. The van der Waals surface area contributed by atoms with E-state index in [1.54, 1.807) is 37.3 Å². The molecule has 2 aromatic carbocycles. The van der Waals surface area contributed by atoms with Crippen molar-refractivity contribution in [3.63, 3.8) is 0 Å². The number of hydrogen-bond donors (Lipinski definition) is 2. The largest absolute Gasteiger partial charge is 0.493 e. The number of nitrogens with zero attached hydrogens (tertiary/aromatic N) is 2. The van der Waals surface area contributed by atoms with E-state index < -0.39 is 11.9 Å². The van der Waals surface area contributed by atoms with Crippen molar-refractivity contribution in [2.75, 3.05) is 11.9 Å². The smallest absolute Gasteiger partial charge is 0.335 e. The molecule has 1 aliphatic rings. The average molecular weight is 433 g/mol. The Morgan fingerprint density at radius 3 is 2.59 bits per heavy atom. The highest BCUT2D eigenvalue weighted by molar-refractivity contribution is 6.09. The molecular weight excluding hydrogens is 410 g/mol. The predicted molar refractivity (Wildman–Crippen MR) is 118 cm³/mol. The standard InChI is InChI=1S/C24H23N3O5/c1-3-12-32-19-7-5-4-6-17(19)22(29)18-13-20(28)25-23-21(18)14(2)26-27(23)16-10-8-15(9-11-16)24(30)31/h4-11,18H,3,12-13H2,1-2H3,(H,25,28)(H,30,31). The predicted octanol–water partition coefficient (Wildman–Crippen LogP) is 3.98. The van der Waals surface area contributed by atoms with E-state index in [0.717, 1.165) is 6.42 Å². The molecule has 1 amide bonds. The Morgan fingerprint density at radius 2 is 1.91 bits per heavy atom. The van der Waals surface area contributed by atoms with Gasteiger partial charge in [0.05, 0.1) is 35.0 Å². The maximum absolute atomic E-state index is 13.5. The molecule has 8 heteroatoms. The zero-order valence-corrected chi connectivity index (χ0v) is 17.8. The first-order valence-corrected chi connectivity index (χ1v) is 10.4. The Kier molecular flexibility index (Phi) is 5.77. The van der Waals surface area contributed by atoms with E-state index >= 15 is 0 Å². The number of rotatable bonds is 7. The Bertz CT molecular complexity index is 1200. The van der Waals surface area contributed by atoms with Crippen LogP contribution >= 0.6 is 0 Å². The van der Waals surface area contributed by atoms with Gasteiger partial charge >= 0.3 is 5.97 Å². The lowest BCUT2D eigenvalue weighted by Gasteiger charge is -2.24. The molecule has 0 spiro atoms. The molecule has 0 fully saturated rings. The van der Waals surface area contributed by atoms with Gasteiger partial charge in [0.15, 0.2) is 5.78 Å². The molecule has 0 radical (unpaired) electrons. The van der Waals surface area contributed by atoms with Gasteiger partial charge in [-0.3, -0.25) is 9.59 Å². The molecule has 0 saturated carbocycles. The minimum atomic E-state index is -1.03. The van der Waals surface area contributed by atoms with Gasteiger partial charge in [-0.05, 0) is 49.7 Å². The molecule has 1 aromatic heterocycles. The highest BCUT2D eigenvalue weighted by Crippen LogP contribution is 2.39. The van der Waals surface area contributed by atoms with Crippen LogP contribution in [0.5, 0.6) is 5.75 Å². The number of carboxylic acids is 1. The summed E-state index contributed by atoms with van der Waals surface area (Å²) < 4.78 is 7.29. The lowest BCUT2D eigenvalue weighted by Crippen LogP contribution is -2.28. The number of fused-ring (bicyclic) bond motifs is 1. The summed E-state index contributed by atoms with van der Waals surface area (Å²) in [6.07, 6.45) is 0.823. The number of ketones is 1. The van der Waals surface area contributed by atoms with Gasteiger partial charge in [-0.1, -0.05) is 19.1 Å². The SMILES string of the molecule is CCCOc1ccccc1C(=O)C1CC(=O)Nc2c1c(C)nn2-c1ccc(C(=O)O)cc1. The number of Topliss-reactive ketones (excluding diaryl/α,β-unsaturated/α-hetero) is 1. The molecule has 4 rings (SSSR count). The van der Waals surface area contributed by atoms with Crippen LogP contribution in [0.3, 0.4) is 0 Å². The van der Waals surface area contributed by atoms with E-state index in [4.69, 9.17) is 9.84 Å². The molecule has 164 valence electrons. The number of para-hydroxylation sites is 1. The zero-order valence-electron chi connectivity index (χ0n) is 17.8. The quantitative estimate of drug-likeness (QED) is 0.546. The molecule has 32 heavy (non-hydrogen) atoms. The Balaban J connectivity index is 1.76. The fraction of sp³-hybridized carbons (Fsp3) is 0.250. The number of ether oxygens (including phenoxy) is 1. The summed E-state index contributed by atoms with van der Waals surface area (Å²) in [6, 6.07) is 13.2. The van der Waals surface area contributed by atoms with Gasteiger partial charge in [-0.15, -0.1) is 0 Å². The van der Waals surface area contributed by atoms with E-state index in [2.05, 4.69) is 10.4 Å². The lowest BCUT2D eigenvalue weighted by atomic mass is 9.85. The van der Waals surface area contributed by atoms with Crippen molar-refractivity contribution in [2.24, 2.45) is 0 Å². The number of carbonyl (C=O) groups is 3. The van der Waals surface area contributed by atoms with E-state index in [-0.39, 0.29) is 23.7 Å². The van der Waals surface area contributed by atoms with Gasteiger partial charge in [0.2, 0.25) is 5.91 Å². The first kappa shape index (κ1) is 21.3. The van der Waals surface area contributed by atoms with Gasteiger partial charge in [0.25, 0.3) is 0 Å². The molecule has 2 heterocycles. The fourth-order valence-electron chi connectivity index (χ4n) is 3.90. The third kappa shape index (κ3) is 3.87. The van der Waals surface area contributed by atoms with Gasteiger partial charge < -0.3 is 15.2 Å². The Morgan fingerprint density at radius 1 is 1.19 bits per heavy atom. The van der Waals surface area contributed by atoms with Crippen molar-refractivity contribution in [2.45, 2.75) is 32.6 Å². The van der Waals surface area contributed by atoms with Crippen molar-refractivity contribution < 1.29 is 24.2 Å². The van der Waals surface area contributed by atoms with Crippen LogP contribution in [-0.4, -0.2) is 39.2 Å². The summed E-state index contributed by atoms with van der Waals surface area (Å²) in [6.45, 7) is 4.27. The number of carboxylic acid groups (broad SMARTS) is 1. The summed E-state index contributed by atoms with van der Waals surface area (Å²) >= 11 is 0. The zero-order chi connectivity index (χ0) is 22.8. The van der Waals surface area contributed by atoms with Crippen molar-refractivity contribution in [1.29, 1.82) is 0 Å². The summed E-state index contributed by atoms with van der Waals surface area (Å²) in [7, 11) is 0. The van der Waals surface area contributed by atoms with E-state index in [1.807, 2.05) is 13.0 Å². The molecule has 8 nitrogen and oxygen atoms in total. The number of aromatic nitrogens is 2. The number of amides is 1. The van der Waals surface area contributed by atoms with Crippen LogP contribution in [0.1, 0.15) is 57.7 Å². The van der Waals surface area contributed by atoms with Crippen molar-refractivity contribution in [3.05, 3.63) is 70.9 Å². The number of benzene rings is 2. The van der Waals surface area contributed by atoms with Gasteiger partial charge in [-0.2, -0.15) is 5.10 Å². The Labute approximate surface area is 184 Å².